The normalized spacial score (nSPS) is 18.2. The SMILES string of the molecule is CCCCSC1=NN2C(=c3cc(Br)ccc3=NC2c2ccncc2)C(=O)N1. The predicted octanol–water partition coefficient (Wildman–Crippen LogP) is 2.52. The Balaban J connectivity index is 1.86. The minimum atomic E-state index is -0.399. The highest BCUT2D eigenvalue weighted by atomic mass is 79.9. The van der Waals surface area contributed by atoms with Gasteiger partial charge < -0.3 is 0 Å². The number of carbonyl (C=O) groups is 1. The van der Waals surface area contributed by atoms with Crippen LogP contribution in [-0.4, -0.2) is 26.8 Å². The lowest BCUT2D eigenvalue weighted by Crippen LogP contribution is -2.50. The van der Waals surface area contributed by atoms with Gasteiger partial charge in [-0.2, -0.15) is 0 Å². The first kappa shape index (κ1) is 18.2. The maximum absolute atomic E-state index is 13.0. The number of benzene rings is 1. The van der Waals surface area contributed by atoms with Crippen LogP contribution < -0.4 is 15.9 Å². The summed E-state index contributed by atoms with van der Waals surface area (Å²) in [5, 5.41) is 11.6. The molecule has 0 radical (unpaired) electrons. The fourth-order valence-electron chi connectivity index (χ4n) is 2.98. The van der Waals surface area contributed by atoms with E-state index >= 15 is 0 Å². The van der Waals surface area contributed by atoms with Crippen molar-refractivity contribution < 1.29 is 4.79 Å². The number of fused-ring (bicyclic) bond motifs is 2. The van der Waals surface area contributed by atoms with E-state index in [9.17, 15) is 4.79 Å². The minimum Gasteiger partial charge on any atom is -0.298 e. The molecule has 2 aliphatic rings. The largest absolute Gasteiger partial charge is 0.298 e. The second kappa shape index (κ2) is 7.82. The van der Waals surface area contributed by atoms with Crippen molar-refractivity contribution >= 4 is 44.5 Å². The molecule has 1 atom stereocenters. The Labute approximate surface area is 169 Å². The number of hydrogen-bond acceptors (Lipinski definition) is 6. The molecule has 0 spiro atoms. The summed E-state index contributed by atoms with van der Waals surface area (Å²) in [4.78, 5) is 21.9. The number of carbonyl (C=O) groups excluding carboxylic acids is 1. The molecule has 2 aliphatic heterocycles. The van der Waals surface area contributed by atoms with Crippen molar-refractivity contribution in [3.05, 3.63) is 63.3 Å². The molecule has 0 saturated carbocycles. The number of amides is 1. The molecule has 0 bridgehead atoms. The fraction of sp³-hybridized carbons (Fsp3) is 0.263. The van der Waals surface area contributed by atoms with Crippen molar-refractivity contribution in [3.63, 3.8) is 0 Å². The standard InChI is InChI=1S/C19H18BrN5OS/c1-2-3-10-27-19-23-18(26)16-14-11-13(20)4-5-15(14)22-17(25(16)24-19)12-6-8-21-9-7-12/h4-9,11,17H,2-3,10H2,1H3,(H,23,24,26). The molecule has 1 unspecified atom stereocenters. The molecule has 2 aromatic rings. The number of nitrogens with zero attached hydrogens (tertiary/aromatic N) is 4. The van der Waals surface area contributed by atoms with Gasteiger partial charge in [0.15, 0.2) is 11.3 Å². The highest BCUT2D eigenvalue weighted by molar-refractivity contribution is 9.10. The van der Waals surface area contributed by atoms with Crippen LogP contribution in [0.15, 0.2) is 57.3 Å². The molecule has 6 nitrogen and oxygen atoms in total. The minimum absolute atomic E-state index is 0.155. The number of amidine groups is 1. The number of hydrogen-bond donors (Lipinski definition) is 1. The average Bonchev–Trinajstić information content (AvgIpc) is 2.68. The van der Waals surface area contributed by atoms with E-state index in [1.165, 1.54) is 0 Å². The summed E-state index contributed by atoms with van der Waals surface area (Å²) in [6.07, 6.45) is 5.23. The van der Waals surface area contributed by atoms with Crippen molar-refractivity contribution in [2.24, 2.45) is 10.1 Å². The molecule has 1 aromatic carbocycles. The van der Waals surface area contributed by atoms with Gasteiger partial charge in [0.1, 0.15) is 5.70 Å². The summed E-state index contributed by atoms with van der Waals surface area (Å²) in [5.74, 6) is 0.759. The van der Waals surface area contributed by atoms with Crippen LogP contribution in [0.2, 0.25) is 0 Å². The maximum atomic E-state index is 13.0. The first-order chi connectivity index (χ1) is 13.2. The second-order valence-electron chi connectivity index (χ2n) is 6.20. The zero-order valence-electron chi connectivity index (χ0n) is 14.7. The first-order valence-electron chi connectivity index (χ1n) is 8.77. The van der Waals surface area contributed by atoms with Gasteiger partial charge in [-0.1, -0.05) is 41.0 Å². The third-order valence-corrected chi connectivity index (χ3v) is 5.75. The van der Waals surface area contributed by atoms with Crippen molar-refractivity contribution in [1.29, 1.82) is 0 Å². The zero-order chi connectivity index (χ0) is 18.8. The Morgan fingerprint density at radius 2 is 2.07 bits per heavy atom. The topological polar surface area (TPSA) is 70.0 Å². The Bertz CT molecular complexity index is 1020. The molecular weight excluding hydrogens is 426 g/mol. The van der Waals surface area contributed by atoms with Gasteiger partial charge in [0.05, 0.1) is 5.36 Å². The molecule has 3 heterocycles. The summed E-state index contributed by atoms with van der Waals surface area (Å²) >= 11 is 5.05. The summed E-state index contributed by atoms with van der Waals surface area (Å²) < 4.78 is 0.895. The molecule has 0 fully saturated rings. The van der Waals surface area contributed by atoms with Crippen LogP contribution in [0.1, 0.15) is 31.5 Å². The van der Waals surface area contributed by atoms with Crippen molar-refractivity contribution in [2.45, 2.75) is 25.9 Å². The molecule has 27 heavy (non-hydrogen) atoms. The number of hydrazone groups is 1. The molecule has 1 amide bonds. The monoisotopic (exact) mass is 443 g/mol. The number of unbranched alkanes of at least 4 members (excludes halogenated alkanes) is 1. The summed E-state index contributed by atoms with van der Waals surface area (Å²) in [6, 6.07) is 9.57. The molecular formula is C19H18BrN5OS. The number of aromatic nitrogens is 1. The number of pyridine rings is 1. The lowest BCUT2D eigenvalue weighted by atomic mass is 10.1. The van der Waals surface area contributed by atoms with Gasteiger partial charge in [-0.25, -0.2) is 5.01 Å². The Morgan fingerprint density at radius 3 is 2.85 bits per heavy atom. The van der Waals surface area contributed by atoms with Crippen LogP contribution in [0, 0.1) is 0 Å². The Morgan fingerprint density at radius 1 is 1.26 bits per heavy atom. The highest BCUT2D eigenvalue weighted by Gasteiger charge is 2.34. The lowest BCUT2D eigenvalue weighted by molar-refractivity contribution is -0.116. The van der Waals surface area contributed by atoms with Crippen molar-refractivity contribution in [2.75, 3.05) is 5.75 Å². The van der Waals surface area contributed by atoms with Gasteiger partial charge in [-0.05, 0) is 36.8 Å². The fourth-order valence-corrected chi connectivity index (χ4v) is 4.28. The maximum Gasteiger partial charge on any atom is 0.276 e. The van der Waals surface area contributed by atoms with E-state index in [1.807, 2.05) is 30.3 Å². The van der Waals surface area contributed by atoms with E-state index in [4.69, 9.17) is 10.1 Å². The quantitative estimate of drug-likeness (QED) is 0.736. The van der Waals surface area contributed by atoms with Crippen molar-refractivity contribution in [1.82, 2.24) is 15.3 Å². The van der Waals surface area contributed by atoms with Gasteiger partial charge in [0.2, 0.25) is 0 Å². The molecule has 0 saturated heterocycles. The molecule has 8 heteroatoms. The second-order valence-corrected chi connectivity index (χ2v) is 8.20. The number of nitrogens with one attached hydrogen (secondary N) is 1. The van der Waals surface area contributed by atoms with Gasteiger partial charge in [-0.15, -0.1) is 5.10 Å². The van der Waals surface area contributed by atoms with Gasteiger partial charge in [0.25, 0.3) is 5.91 Å². The first-order valence-corrected chi connectivity index (χ1v) is 10.5. The molecule has 1 aromatic heterocycles. The van der Waals surface area contributed by atoms with Crippen LogP contribution in [0.25, 0.3) is 5.70 Å². The third-order valence-electron chi connectivity index (χ3n) is 4.31. The van der Waals surface area contributed by atoms with Gasteiger partial charge in [-0.3, -0.25) is 20.1 Å². The van der Waals surface area contributed by atoms with E-state index in [2.05, 4.69) is 33.2 Å². The molecule has 138 valence electrons. The number of halogens is 1. The van der Waals surface area contributed by atoms with Gasteiger partial charge in [0, 0.05) is 33.4 Å². The predicted molar refractivity (Wildman–Crippen MR) is 110 cm³/mol. The van der Waals surface area contributed by atoms with Crippen LogP contribution in [0.3, 0.4) is 0 Å². The molecule has 4 rings (SSSR count). The van der Waals surface area contributed by atoms with Crippen LogP contribution >= 0.6 is 27.7 Å². The van der Waals surface area contributed by atoms with E-state index in [-0.39, 0.29) is 5.91 Å². The highest BCUT2D eigenvalue weighted by Crippen LogP contribution is 2.30. The van der Waals surface area contributed by atoms with E-state index in [0.29, 0.717) is 10.9 Å². The Kier molecular flexibility index (Phi) is 5.27. The van der Waals surface area contributed by atoms with Crippen LogP contribution in [-0.2, 0) is 4.79 Å². The van der Waals surface area contributed by atoms with Crippen molar-refractivity contribution in [3.8, 4) is 0 Å². The smallest absolute Gasteiger partial charge is 0.276 e. The summed E-state index contributed by atoms with van der Waals surface area (Å²) in [6.45, 7) is 2.14. The van der Waals surface area contributed by atoms with E-state index in [0.717, 1.165) is 39.2 Å². The van der Waals surface area contributed by atoms with E-state index < -0.39 is 6.17 Å². The third kappa shape index (κ3) is 3.64. The average molecular weight is 444 g/mol. The van der Waals surface area contributed by atoms with Crippen LogP contribution in [0.5, 0.6) is 0 Å². The number of rotatable bonds is 4. The molecule has 1 N–H and O–H groups in total. The summed E-state index contributed by atoms with van der Waals surface area (Å²) in [5.41, 5.74) is 1.45. The van der Waals surface area contributed by atoms with Gasteiger partial charge >= 0.3 is 0 Å². The Hall–Kier alpha value is -2.19. The lowest BCUT2D eigenvalue weighted by Gasteiger charge is -2.34. The molecule has 0 aliphatic carbocycles. The summed E-state index contributed by atoms with van der Waals surface area (Å²) in [7, 11) is 0. The zero-order valence-corrected chi connectivity index (χ0v) is 17.1. The number of thioether (sulfide) groups is 1. The van der Waals surface area contributed by atoms with E-state index in [1.54, 1.807) is 29.2 Å². The van der Waals surface area contributed by atoms with Crippen LogP contribution in [0.4, 0.5) is 0 Å².